The van der Waals surface area contributed by atoms with Crippen molar-refractivity contribution in [1.82, 2.24) is 0 Å². The molecule has 0 saturated carbocycles. The third kappa shape index (κ3) is 35.4. The topological polar surface area (TPSA) is 17.1 Å². The molecule has 0 unspecified atom stereocenters. The summed E-state index contributed by atoms with van der Waals surface area (Å²) < 4.78 is 0. The minimum atomic E-state index is 0.172. The zero-order valence-electron chi connectivity index (χ0n) is 26.7. The molecule has 0 N–H and O–H groups in total. The number of rotatable bonds is 33. The lowest BCUT2D eigenvalue weighted by Crippen LogP contribution is -1.85. The van der Waals surface area contributed by atoms with Crippen molar-refractivity contribution in [3.05, 3.63) is 12.2 Å². The second kappa shape index (κ2) is 34.4. The summed E-state index contributed by atoms with van der Waals surface area (Å²) >= 11 is 0. The van der Waals surface area contributed by atoms with Gasteiger partial charge in [0.05, 0.1) is 0 Å². The van der Waals surface area contributed by atoms with Gasteiger partial charge in [-0.05, 0) is 25.8 Å². The molecule has 0 saturated heterocycles. The minimum Gasteiger partial charge on any atom is -0.295 e. The Balaban J connectivity index is 3.04. The Bertz CT molecular complexity index is 465. The van der Waals surface area contributed by atoms with E-state index in [-0.39, 0.29) is 5.78 Å². The monoisotopic (exact) mass is 533 g/mol. The van der Waals surface area contributed by atoms with Crippen molar-refractivity contribution in [3.8, 4) is 0 Å². The highest BCUT2D eigenvalue weighted by molar-refractivity contribution is 5.87. The van der Waals surface area contributed by atoms with Crippen LogP contribution >= 0.6 is 0 Å². The molecule has 0 fully saturated rings. The summed E-state index contributed by atoms with van der Waals surface area (Å²) in [4.78, 5) is 10.8. The van der Waals surface area contributed by atoms with Crippen molar-refractivity contribution in [2.45, 2.75) is 219 Å². The van der Waals surface area contributed by atoms with E-state index in [1.165, 1.54) is 199 Å². The number of allylic oxidation sites excluding steroid dienone is 2. The molecule has 0 aromatic rings. The molecule has 0 aliphatic carbocycles. The molecule has 0 spiro atoms. The molecule has 1 nitrogen and oxygen atoms in total. The van der Waals surface area contributed by atoms with Crippen molar-refractivity contribution >= 4 is 5.78 Å². The molecule has 0 radical (unpaired) electrons. The molecule has 38 heavy (non-hydrogen) atoms. The lowest BCUT2D eigenvalue weighted by atomic mass is 10.0. The van der Waals surface area contributed by atoms with Crippen LogP contribution in [0.15, 0.2) is 12.2 Å². The first-order valence-corrected chi connectivity index (χ1v) is 17.9. The Morgan fingerprint density at radius 1 is 0.368 bits per heavy atom. The molecule has 0 aromatic carbocycles. The molecular formula is C37H72O. The lowest BCUT2D eigenvalue weighted by molar-refractivity contribution is -0.112. The van der Waals surface area contributed by atoms with Crippen molar-refractivity contribution in [3.63, 3.8) is 0 Å². The number of hydrogen-bond donors (Lipinski definition) is 0. The molecule has 0 atom stereocenters. The fourth-order valence-electron chi connectivity index (χ4n) is 5.71. The van der Waals surface area contributed by atoms with Gasteiger partial charge in [0.15, 0.2) is 5.78 Å². The predicted octanol–water partition coefficient (Wildman–Crippen LogP) is 13.6. The first-order valence-electron chi connectivity index (χ1n) is 17.9. The van der Waals surface area contributed by atoms with E-state index in [0.717, 1.165) is 6.42 Å². The Kier molecular flexibility index (Phi) is 33.9. The molecule has 0 aromatic heterocycles. The molecule has 226 valence electrons. The van der Waals surface area contributed by atoms with Crippen molar-refractivity contribution in [2.24, 2.45) is 0 Å². The van der Waals surface area contributed by atoms with Gasteiger partial charge < -0.3 is 0 Å². The van der Waals surface area contributed by atoms with E-state index in [9.17, 15) is 4.79 Å². The van der Waals surface area contributed by atoms with Crippen LogP contribution in [0.1, 0.15) is 219 Å². The van der Waals surface area contributed by atoms with Gasteiger partial charge in [-0.25, -0.2) is 0 Å². The summed E-state index contributed by atoms with van der Waals surface area (Å²) in [7, 11) is 0. The molecule has 0 amide bonds. The van der Waals surface area contributed by atoms with Gasteiger partial charge in [-0.3, -0.25) is 4.79 Å². The van der Waals surface area contributed by atoms with Crippen LogP contribution < -0.4 is 0 Å². The standard InChI is InChI=1S/C37H72O/c1-3-4-5-6-7-8-9-10-11-12-13-14-15-16-17-18-19-20-21-22-23-24-25-26-27-28-29-30-31-32-33-34-35-36-37(2)38/h35-36H,3-34H2,1-2H3. The maximum Gasteiger partial charge on any atom is 0.152 e. The van der Waals surface area contributed by atoms with Gasteiger partial charge in [-0.1, -0.05) is 206 Å². The van der Waals surface area contributed by atoms with Crippen LogP contribution in [0.2, 0.25) is 0 Å². The number of carbonyl (C=O) groups excluding carboxylic acids is 1. The van der Waals surface area contributed by atoms with Gasteiger partial charge in [0.2, 0.25) is 0 Å². The third-order valence-corrected chi connectivity index (χ3v) is 8.33. The molecule has 0 rings (SSSR count). The zero-order valence-corrected chi connectivity index (χ0v) is 26.7. The van der Waals surface area contributed by atoms with Crippen molar-refractivity contribution < 1.29 is 4.79 Å². The van der Waals surface area contributed by atoms with E-state index >= 15 is 0 Å². The van der Waals surface area contributed by atoms with E-state index in [1.54, 1.807) is 13.0 Å². The van der Waals surface area contributed by atoms with Crippen LogP contribution in [0.3, 0.4) is 0 Å². The largest absolute Gasteiger partial charge is 0.295 e. The second-order valence-corrected chi connectivity index (χ2v) is 12.4. The van der Waals surface area contributed by atoms with Gasteiger partial charge in [0, 0.05) is 0 Å². The lowest BCUT2D eigenvalue weighted by Gasteiger charge is -2.04. The maximum absolute atomic E-state index is 10.8. The smallest absolute Gasteiger partial charge is 0.152 e. The fourth-order valence-corrected chi connectivity index (χ4v) is 5.71. The molecule has 0 heterocycles. The average Bonchev–Trinajstić information content (AvgIpc) is 2.91. The summed E-state index contributed by atoms with van der Waals surface area (Å²) in [5.74, 6) is 0.172. The van der Waals surface area contributed by atoms with Crippen molar-refractivity contribution in [2.75, 3.05) is 0 Å². The first kappa shape index (κ1) is 37.4. The van der Waals surface area contributed by atoms with Gasteiger partial charge in [-0.2, -0.15) is 0 Å². The van der Waals surface area contributed by atoms with Crippen LogP contribution in [0, 0.1) is 0 Å². The van der Waals surface area contributed by atoms with Gasteiger partial charge >= 0.3 is 0 Å². The Morgan fingerprint density at radius 2 is 0.579 bits per heavy atom. The first-order chi connectivity index (χ1) is 18.8. The Labute approximate surface area is 241 Å². The van der Waals surface area contributed by atoms with Crippen LogP contribution in [-0.4, -0.2) is 5.78 Å². The van der Waals surface area contributed by atoms with E-state index in [2.05, 4.69) is 6.92 Å². The van der Waals surface area contributed by atoms with Crippen LogP contribution in [0.5, 0.6) is 0 Å². The molecular weight excluding hydrogens is 460 g/mol. The van der Waals surface area contributed by atoms with E-state index < -0.39 is 0 Å². The minimum absolute atomic E-state index is 0.172. The number of carbonyl (C=O) groups is 1. The number of ketones is 1. The Hall–Kier alpha value is -0.590. The summed E-state index contributed by atoms with van der Waals surface area (Å²) in [6.07, 6.45) is 49.7. The number of unbranched alkanes of at least 4 members (excludes halogenated alkanes) is 31. The van der Waals surface area contributed by atoms with Crippen molar-refractivity contribution in [1.29, 1.82) is 0 Å². The van der Waals surface area contributed by atoms with Gasteiger partial charge in [0.25, 0.3) is 0 Å². The van der Waals surface area contributed by atoms with E-state index in [0.29, 0.717) is 0 Å². The van der Waals surface area contributed by atoms with E-state index in [4.69, 9.17) is 0 Å². The fraction of sp³-hybridized carbons (Fsp3) is 0.919. The molecule has 0 bridgehead atoms. The van der Waals surface area contributed by atoms with Crippen LogP contribution in [0.4, 0.5) is 0 Å². The average molecular weight is 533 g/mol. The van der Waals surface area contributed by atoms with E-state index in [1.807, 2.05) is 6.08 Å². The normalized spacial score (nSPS) is 11.6. The zero-order chi connectivity index (χ0) is 27.6. The van der Waals surface area contributed by atoms with Gasteiger partial charge in [0.1, 0.15) is 0 Å². The second-order valence-electron chi connectivity index (χ2n) is 12.4. The van der Waals surface area contributed by atoms with Gasteiger partial charge in [-0.15, -0.1) is 0 Å². The predicted molar refractivity (Wildman–Crippen MR) is 173 cm³/mol. The highest BCUT2D eigenvalue weighted by Gasteiger charge is 1.97. The quantitative estimate of drug-likeness (QED) is 0.0606. The summed E-state index contributed by atoms with van der Waals surface area (Å²) in [6.45, 7) is 3.93. The summed E-state index contributed by atoms with van der Waals surface area (Å²) in [6, 6.07) is 0. The summed E-state index contributed by atoms with van der Waals surface area (Å²) in [5.41, 5.74) is 0. The SMILES string of the molecule is CCCCCCCCCCCCCCCCCCCCCCCCCCCCCCCCCC=CC(C)=O. The highest BCUT2D eigenvalue weighted by atomic mass is 16.1. The third-order valence-electron chi connectivity index (χ3n) is 8.33. The Morgan fingerprint density at radius 3 is 0.789 bits per heavy atom. The van der Waals surface area contributed by atoms with Crippen LogP contribution in [-0.2, 0) is 4.79 Å². The van der Waals surface area contributed by atoms with Crippen LogP contribution in [0.25, 0.3) is 0 Å². The maximum atomic E-state index is 10.8. The molecule has 1 heteroatoms. The number of hydrogen-bond acceptors (Lipinski definition) is 1. The highest BCUT2D eigenvalue weighted by Crippen LogP contribution is 2.16. The molecule has 0 aliphatic heterocycles. The molecule has 0 aliphatic rings. The summed E-state index contributed by atoms with van der Waals surface area (Å²) in [5, 5.41) is 0.